The molecular formula is C16H22N2O7. The Morgan fingerprint density at radius 2 is 1.76 bits per heavy atom. The summed E-state index contributed by atoms with van der Waals surface area (Å²) in [6, 6.07) is 6.33. The molecular weight excluding hydrogens is 332 g/mol. The summed E-state index contributed by atoms with van der Waals surface area (Å²) >= 11 is 0. The van der Waals surface area contributed by atoms with E-state index in [0.29, 0.717) is 18.1 Å². The Morgan fingerprint density at radius 1 is 1.04 bits per heavy atom. The van der Waals surface area contributed by atoms with E-state index in [1.807, 2.05) is 5.32 Å². The molecule has 0 aliphatic carbocycles. The summed E-state index contributed by atoms with van der Waals surface area (Å²) in [4.78, 5) is 34.3. The number of esters is 1. The molecule has 1 aromatic carbocycles. The van der Waals surface area contributed by atoms with Crippen LogP contribution in [-0.2, 0) is 19.1 Å². The maximum Gasteiger partial charge on any atom is 0.321 e. The van der Waals surface area contributed by atoms with Crippen molar-refractivity contribution in [2.24, 2.45) is 0 Å². The van der Waals surface area contributed by atoms with E-state index < -0.39 is 24.5 Å². The predicted octanol–water partition coefficient (Wildman–Crippen LogP) is 0.480. The van der Waals surface area contributed by atoms with Gasteiger partial charge >= 0.3 is 12.0 Å². The zero-order valence-electron chi connectivity index (χ0n) is 14.2. The number of carbonyl (C=O) groups excluding carboxylic acids is 3. The van der Waals surface area contributed by atoms with Gasteiger partial charge in [0.05, 0.1) is 26.7 Å². The SMILES string of the molecule is COCCNC(=O)NC(=O)COC(=O)CCOc1ccccc1OC. The second-order valence-corrected chi connectivity index (χ2v) is 4.71. The van der Waals surface area contributed by atoms with Crippen molar-refractivity contribution in [3.63, 3.8) is 0 Å². The molecule has 0 aliphatic rings. The number of para-hydroxylation sites is 2. The predicted molar refractivity (Wildman–Crippen MR) is 87.5 cm³/mol. The highest BCUT2D eigenvalue weighted by Crippen LogP contribution is 2.25. The number of nitrogens with one attached hydrogen (secondary N) is 2. The van der Waals surface area contributed by atoms with E-state index in [1.54, 1.807) is 24.3 Å². The van der Waals surface area contributed by atoms with Gasteiger partial charge in [-0.25, -0.2) is 4.79 Å². The number of hydrogen-bond donors (Lipinski definition) is 2. The van der Waals surface area contributed by atoms with Crippen LogP contribution in [-0.4, -0.2) is 58.5 Å². The van der Waals surface area contributed by atoms with Crippen LogP contribution in [0.2, 0.25) is 0 Å². The molecule has 25 heavy (non-hydrogen) atoms. The van der Waals surface area contributed by atoms with Crippen molar-refractivity contribution >= 4 is 17.9 Å². The molecule has 0 unspecified atom stereocenters. The third-order valence-electron chi connectivity index (χ3n) is 2.84. The number of urea groups is 1. The van der Waals surface area contributed by atoms with Crippen LogP contribution in [0.25, 0.3) is 0 Å². The molecule has 1 rings (SSSR count). The van der Waals surface area contributed by atoms with E-state index in [-0.39, 0.29) is 19.6 Å². The van der Waals surface area contributed by atoms with Gasteiger partial charge in [0.25, 0.3) is 5.91 Å². The summed E-state index contributed by atoms with van der Waals surface area (Å²) in [5.41, 5.74) is 0. The van der Waals surface area contributed by atoms with Crippen molar-refractivity contribution in [3.8, 4) is 11.5 Å². The van der Waals surface area contributed by atoms with E-state index >= 15 is 0 Å². The average molecular weight is 354 g/mol. The lowest BCUT2D eigenvalue weighted by atomic mass is 10.3. The van der Waals surface area contributed by atoms with Gasteiger partial charge in [0.15, 0.2) is 18.1 Å². The van der Waals surface area contributed by atoms with Crippen LogP contribution in [0.5, 0.6) is 11.5 Å². The highest BCUT2D eigenvalue weighted by molar-refractivity contribution is 5.95. The van der Waals surface area contributed by atoms with Gasteiger partial charge in [-0.1, -0.05) is 12.1 Å². The smallest absolute Gasteiger partial charge is 0.321 e. The standard InChI is InChI=1S/C16H22N2O7/c1-22-10-8-17-16(21)18-14(19)11-25-15(20)7-9-24-13-6-4-3-5-12(13)23-2/h3-6H,7-11H2,1-2H3,(H2,17,18,19,21). The largest absolute Gasteiger partial charge is 0.493 e. The van der Waals surface area contributed by atoms with Crippen LogP contribution in [0.3, 0.4) is 0 Å². The van der Waals surface area contributed by atoms with Gasteiger partial charge in [-0.05, 0) is 12.1 Å². The van der Waals surface area contributed by atoms with Crippen molar-refractivity contribution in [1.29, 1.82) is 0 Å². The van der Waals surface area contributed by atoms with Crippen molar-refractivity contribution < 1.29 is 33.3 Å². The molecule has 9 heteroatoms. The fourth-order valence-electron chi connectivity index (χ4n) is 1.67. The van der Waals surface area contributed by atoms with Crippen molar-refractivity contribution in [2.75, 3.05) is 40.6 Å². The fraction of sp³-hybridized carbons (Fsp3) is 0.438. The lowest BCUT2D eigenvalue weighted by Crippen LogP contribution is -2.42. The molecule has 2 N–H and O–H groups in total. The average Bonchev–Trinajstić information content (AvgIpc) is 2.60. The number of rotatable bonds is 10. The van der Waals surface area contributed by atoms with Gasteiger partial charge in [-0.15, -0.1) is 0 Å². The Bertz CT molecular complexity index is 577. The first-order valence-electron chi connectivity index (χ1n) is 7.55. The van der Waals surface area contributed by atoms with Gasteiger partial charge in [0, 0.05) is 13.7 Å². The Hall–Kier alpha value is -2.81. The summed E-state index contributed by atoms with van der Waals surface area (Å²) in [6.45, 7) is 0.0992. The van der Waals surface area contributed by atoms with Crippen LogP contribution >= 0.6 is 0 Å². The summed E-state index contributed by atoms with van der Waals surface area (Å²) in [5, 5.41) is 4.42. The molecule has 3 amide bonds. The topological polar surface area (TPSA) is 112 Å². The zero-order chi connectivity index (χ0) is 18.5. The van der Waals surface area contributed by atoms with Gasteiger partial charge in [0.1, 0.15) is 0 Å². The molecule has 1 aromatic rings. The minimum atomic E-state index is -0.728. The Balaban J connectivity index is 2.19. The molecule has 0 aliphatic heterocycles. The number of hydrogen-bond acceptors (Lipinski definition) is 7. The van der Waals surface area contributed by atoms with Gasteiger partial charge < -0.3 is 24.3 Å². The van der Waals surface area contributed by atoms with Crippen LogP contribution in [0.15, 0.2) is 24.3 Å². The molecule has 138 valence electrons. The number of benzene rings is 1. The Morgan fingerprint density at radius 3 is 2.44 bits per heavy atom. The summed E-state index contributed by atoms with van der Waals surface area (Å²) < 4.78 is 20.0. The van der Waals surface area contributed by atoms with Crippen molar-refractivity contribution in [2.45, 2.75) is 6.42 Å². The third kappa shape index (κ3) is 8.56. The van der Waals surface area contributed by atoms with E-state index in [4.69, 9.17) is 18.9 Å². The van der Waals surface area contributed by atoms with Crippen molar-refractivity contribution in [1.82, 2.24) is 10.6 Å². The number of carbonyl (C=O) groups is 3. The quantitative estimate of drug-likeness (QED) is 0.464. The molecule has 0 atom stereocenters. The Labute approximate surface area is 145 Å². The monoisotopic (exact) mass is 354 g/mol. The summed E-state index contributed by atoms with van der Waals surface area (Å²) in [6.07, 6.45) is -0.0502. The second kappa shape index (κ2) is 11.7. The van der Waals surface area contributed by atoms with Crippen LogP contribution < -0.4 is 20.1 Å². The highest BCUT2D eigenvalue weighted by Gasteiger charge is 2.11. The fourth-order valence-corrected chi connectivity index (χ4v) is 1.67. The van der Waals surface area contributed by atoms with Gasteiger partial charge in [-0.2, -0.15) is 0 Å². The summed E-state index contributed by atoms with van der Waals surface area (Å²) in [5.74, 6) is -0.295. The lowest BCUT2D eigenvalue weighted by molar-refractivity contribution is -0.148. The first-order chi connectivity index (χ1) is 12.1. The number of methoxy groups -OCH3 is 2. The molecule has 9 nitrogen and oxygen atoms in total. The molecule has 0 radical (unpaired) electrons. The molecule has 0 heterocycles. The van der Waals surface area contributed by atoms with Crippen molar-refractivity contribution in [3.05, 3.63) is 24.3 Å². The number of ether oxygens (including phenoxy) is 4. The highest BCUT2D eigenvalue weighted by atomic mass is 16.5. The van der Waals surface area contributed by atoms with Crippen LogP contribution in [0, 0.1) is 0 Å². The minimum absolute atomic E-state index is 0.0502. The second-order valence-electron chi connectivity index (χ2n) is 4.71. The maximum atomic E-state index is 11.6. The molecule has 0 spiro atoms. The van der Waals surface area contributed by atoms with Gasteiger partial charge in [-0.3, -0.25) is 14.9 Å². The molecule has 0 fully saturated rings. The zero-order valence-corrected chi connectivity index (χ0v) is 14.2. The molecule has 0 saturated carbocycles. The molecule has 0 saturated heterocycles. The first-order valence-corrected chi connectivity index (χ1v) is 7.55. The van der Waals surface area contributed by atoms with Crippen LogP contribution in [0.4, 0.5) is 4.79 Å². The van der Waals surface area contributed by atoms with E-state index in [0.717, 1.165) is 0 Å². The minimum Gasteiger partial charge on any atom is -0.493 e. The molecule has 0 bridgehead atoms. The van der Waals surface area contributed by atoms with Crippen LogP contribution in [0.1, 0.15) is 6.42 Å². The normalized spacial score (nSPS) is 9.84. The third-order valence-corrected chi connectivity index (χ3v) is 2.84. The maximum absolute atomic E-state index is 11.6. The molecule has 0 aromatic heterocycles. The van der Waals surface area contributed by atoms with Gasteiger partial charge in [0.2, 0.25) is 0 Å². The number of amides is 3. The van der Waals surface area contributed by atoms with E-state index in [1.165, 1.54) is 14.2 Å². The Kier molecular flexibility index (Phi) is 9.46. The number of imide groups is 1. The van der Waals surface area contributed by atoms with E-state index in [2.05, 4.69) is 5.32 Å². The summed E-state index contributed by atoms with van der Waals surface area (Å²) in [7, 11) is 3.00. The van der Waals surface area contributed by atoms with E-state index in [9.17, 15) is 14.4 Å². The lowest BCUT2D eigenvalue weighted by Gasteiger charge is -2.10. The first kappa shape index (κ1) is 20.2.